The molecule has 0 atom stereocenters. The molecule has 0 N–H and O–H groups in total. The fourth-order valence-corrected chi connectivity index (χ4v) is 5.08. The molecule has 2 heterocycles. The Labute approximate surface area is 224 Å². The number of nitrogens with zero attached hydrogens (tertiary/aromatic N) is 3. The smallest absolute Gasteiger partial charge is 0.294 e. The number of rotatable bonds is 8. The van der Waals surface area contributed by atoms with E-state index in [1.54, 1.807) is 35.2 Å². The van der Waals surface area contributed by atoms with Gasteiger partial charge in [0, 0.05) is 25.2 Å². The van der Waals surface area contributed by atoms with Crippen molar-refractivity contribution in [2.75, 3.05) is 40.0 Å². The van der Waals surface area contributed by atoms with Gasteiger partial charge in [-0.15, -0.1) is 0 Å². The second kappa shape index (κ2) is 11.8. The minimum absolute atomic E-state index is 0.0123. The van der Waals surface area contributed by atoms with E-state index in [2.05, 4.69) is 15.9 Å². The zero-order chi connectivity index (χ0) is 26.5. The van der Waals surface area contributed by atoms with Crippen LogP contribution in [0.4, 0.5) is 10.5 Å². The molecule has 2 fully saturated rings. The number of non-ortho nitro benzene ring substituents is 1. The number of imide groups is 1. The van der Waals surface area contributed by atoms with E-state index in [9.17, 15) is 24.5 Å². The van der Waals surface area contributed by atoms with Gasteiger partial charge in [0.1, 0.15) is 13.2 Å². The van der Waals surface area contributed by atoms with Crippen LogP contribution >= 0.6 is 27.7 Å². The molecule has 13 heteroatoms. The molecule has 0 saturated carbocycles. The van der Waals surface area contributed by atoms with Crippen LogP contribution in [0.15, 0.2) is 45.8 Å². The molecule has 37 heavy (non-hydrogen) atoms. The van der Waals surface area contributed by atoms with Gasteiger partial charge in [0.05, 0.1) is 34.6 Å². The molecular weight excluding hydrogens is 570 g/mol. The van der Waals surface area contributed by atoms with E-state index >= 15 is 0 Å². The lowest BCUT2D eigenvalue weighted by Crippen LogP contribution is -2.46. The Morgan fingerprint density at radius 1 is 1.22 bits per heavy atom. The zero-order valence-corrected chi connectivity index (χ0v) is 22.1. The number of carbonyl (C=O) groups is 3. The van der Waals surface area contributed by atoms with Gasteiger partial charge in [0.25, 0.3) is 16.8 Å². The van der Waals surface area contributed by atoms with Crippen molar-refractivity contribution in [3.8, 4) is 11.5 Å². The summed E-state index contributed by atoms with van der Waals surface area (Å²) < 4.78 is 17.1. The van der Waals surface area contributed by atoms with Crippen LogP contribution in [0.5, 0.6) is 11.5 Å². The summed E-state index contributed by atoms with van der Waals surface area (Å²) >= 11 is 4.22. The van der Waals surface area contributed by atoms with Crippen molar-refractivity contribution < 1.29 is 33.5 Å². The first-order valence-corrected chi connectivity index (χ1v) is 12.7. The minimum Gasteiger partial charge on any atom is -0.493 e. The molecule has 2 aliphatic heterocycles. The first-order valence-electron chi connectivity index (χ1n) is 11.1. The lowest BCUT2D eigenvalue weighted by Gasteiger charge is -2.28. The fourth-order valence-electron chi connectivity index (χ4n) is 3.67. The largest absolute Gasteiger partial charge is 0.493 e. The van der Waals surface area contributed by atoms with Crippen molar-refractivity contribution in [3.05, 3.63) is 67.0 Å². The van der Waals surface area contributed by atoms with Gasteiger partial charge in [-0.25, -0.2) is 0 Å². The number of methoxy groups -OCH3 is 1. The summed E-state index contributed by atoms with van der Waals surface area (Å²) in [5.41, 5.74) is 1.29. The Balaban J connectivity index is 1.46. The number of amides is 3. The quantitative estimate of drug-likeness (QED) is 0.255. The maximum Gasteiger partial charge on any atom is 0.294 e. The first kappa shape index (κ1) is 26.6. The molecule has 0 bridgehead atoms. The highest BCUT2D eigenvalue weighted by Crippen LogP contribution is 2.39. The predicted octanol–water partition coefficient (Wildman–Crippen LogP) is 3.84. The van der Waals surface area contributed by atoms with Crippen LogP contribution in [-0.2, 0) is 20.9 Å². The number of carbonyl (C=O) groups excluding carboxylic acids is 3. The number of nitro benzene ring substituents is 1. The van der Waals surface area contributed by atoms with Crippen LogP contribution in [0.2, 0.25) is 0 Å². The van der Waals surface area contributed by atoms with Gasteiger partial charge < -0.3 is 19.1 Å². The number of hydrogen-bond donors (Lipinski definition) is 0. The summed E-state index contributed by atoms with van der Waals surface area (Å²) in [5.74, 6) is -0.0533. The van der Waals surface area contributed by atoms with Crippen LogP contribution in [0, 0.1) is 10.1 Å². The van der Waals surface area contributed by atoms with E-state index in [1.807, 2.05) is 0 Å². The molecule has 0 aliphatic carbocycles. The third-order valence-electron chi connectivity index (χ3n) is 5.61. The SMILES string of the molecule is COc1cc(/C=C2/SC(=O)N(CC(=O)N3CCOCC3)C2=O)cc(Br)c1OCc1ccc([N+](=O)[O-])cc1. The number of benzene rings is 2. The molecule has 11 nitrogen and oxygen atoms in total. The third kappa shape index (κ3) is 6.29. The Morgan fingerprint density at radius 2 is 1.92 bits per heavy atom. The second-order valence-corrected chi connectivity index (χ2v) is 9.85. The van der Waals surface area contributed by atoms with Crippen molar-refractivity contribution in [2.24, 2.45) is 0 Å². The van der Waals surface area contributed by atoms with Crippen molar-refractivity contribution in [1.82, 2.24) is 9.80 Å². The van der Waals surface area contributed by atoms with Crippen molar-refractivity contribution in [2.45, 2.75) is 6.61 Å². The monoisotopic (exact) mass is 591 g/mol. The van der Waals surface area contributed by atoms with Gasteiger partial charge >= 0.3 is 0 Å². The summed E-state index contributed by atoms with van der Waals surface area (Å²) in [6, 6.07) is 9.37. The van der Waals surface area contributed by atoms with Crippen LogP contribution in [-0.4, -0.2) is 71.7 Å². The summed E-state index contributed by atoms with van der Waals surface area (Å²) in [5, 5.41) is 10.3. The first-order chi connectivity index (χ1) is 17.8. The highest BCUT2D eigenvalue weighted by Gasteiger charge is 2.37. The highest BCUT2D eigenvalue weighted by atomic mass is 79.9. The number of thioether (sulfide) groups is 1. The second-order valence-electron chi connectivity index (χ2n) is 8.01. The maximum absolute atomic E-state index is 12.9. The number of hydrogen-bond acceptors (Lipinski definition) is 9. The molecule has 2 aromatic carbocycles. The van der Waals surface area contributed by atoms with E-state index in [1.165, 1.54) is 19.2 Å². The van der Waals surface area contributed by atoms with Crippen LogP contribution in [0.1, 0.15) is 11.1 Å². The Hall–Kier alpha value is -3.42. The Morgan fingerprint density at radius 3 is 2.57 bits per heavy atom. The van der Waals surface area contributed by atoms with Crippen LogP contribution in [0.25, 0.3) is 6.08 Å². The zero-order valence-electron chi connectivity index (χ0n) is 19.7. The number of halogens is 1. The van der Waals surface area contributed by atoms with Gasteiger partial charge in [-0.05, 0) is 69.2 Å². The van der Waals surface area contributed by atoms with E-state index < -0.39 is 16.1 Å². The number of morpholine rings is 1. The molecule has 0 radical (unpaired) electrons. The standard InChI is InChI=1S/C24H22BrN3O8S/c1-34-19-11-16(10-18(25)22(19)36-14-15-2-4-17(5-3-15)28(32)33)12-20-23(30)27(24(31)37-20)13-21(29)26-6-8-35-9-7-26/h2-5,10-12H,6-9,13-14H2,1H3/b20-12+. The molecular formula is C24H22BrN3O8S. The van der Waals surface area contributed by atoms with E-state index in [4.69, 9.17) is 14.2 Å². The lowest BCUT2D eigenvalue weighted by molar-refractivity contribution is -0.384. The van der Waals surface area contributed by atoms with Gasteiger partial charge in [-0.1, -0.05) is 0 Å². The molecule has 0 aromatic heterocycles. The average molecular weight is 592 g/mol. The van der Waals surface area contributed by atoms with Crippen molar-refractivity contribution >= 4 is 56.5 Å². The highest BCUT2D eigenvalue weighted by molar-refractivity contribution is 9.10. The number of ether oxygens (including phenoxy) is 3. The topological polar surface area (TPSA) is 129 Å². The third-order valence-corrected chi connectivity index (χ3v) is 7.11. The molecule has 3 amide bonds. The number of nitro groups is 1. The summed E-state index contributed by atoms with van der Waals surface area (Å²) in [6.45, 7) is 1.54. The molecule has 194 valence electrons. The Bertz CT molecular complexity index is 1260. The predicted molar refractivity (Wildman–Crippen MR) is 138 cm³/mol. The van der Waals surface area contributed by atoms with Crippen molar-refractivity contribution in [1.29, 1.82) is 0 Å². The van der Waals surface area contributed by atoms with Crippen LogP contribution in [0.3, 0.4) is 0 Å². The lowest BCUT2D eigenvalue weighted by atomic mass is 10.1. The summed E-state index contributed by atoms with van der Waals surface area (Å²) in [6.07, 6.45) is 1.55. The summed E-state index contributed by atoms with van der Waals surface area (Å²) in [7, 11) is 1.47. The average Bonchev–Trinajstić information content (AvgIpc) is 3.15. The molecule has 0 unspecified atom stereocenters. The van der Waals surface area contributed by atoms with Gasteiger partial charge in [0.15, 0.2) is 11.5 Å². The molecule has 4 rings (SSSR count). The van der Waals surface area contributed by atoms with E-state index in [0.29, 0.717) is 47.8 Å². The Kier molecular flexibility index (Phi) is 8.46. The molecule has 0 spiro atoms. The minimum atomic E-state index is -0.537. The van der Waals surface area contributed by atoms with Crippen LogP contribution < -0.4 is 9.47 Å². The molecule has 2 aromatic rings. The van der Waals surface area contributed by atoms with Gasteiger partial charge in [-0.2, -0.15) is 0 Å². The van der Waals surface area contributed by atoms with E-state index in [0.717, 1.165) is 22.2 Å². The van der Waals surface area contributed by atoms with Gasteiger partial charge in [-0.3, -0.25) is 29.4 Å². The van der Waals surface area contributed by atoms with E-state index in [-0.39, 0.29) is 29.7 Å². The fraction of sp³-hybridized carbons (Fsp3) is 0.292. The molecule has 2 saturated heterocycles. The maximum atomic E-state index is 12.9. The van der Waals surface area contributed by atoms with Crippen molar-refractivity contribution in [3.63, 3.8) is 0 Å². The summed E-state index contributed by atoms with van der Waals surface area (Å²) in [4.78, 5) is 50.9. The van der Waals surface area contributed by atoms with Gasteiger partial charge in [0.2, 0.25) is 5.91 Å². The normalized spacial score (nSPS) is 16.9. The molecule has 2 aliphatic rings.